The second-order valence-electron chi connectivity index (χ2n) is 8.02. The number of nitrogens with zero attached hydrogens (tertiary/aromatic N) is 2. The Balaban J connectivity index is 1.79. The summed E-state index contributed by atoms with van der Waals surface area (Å²) in [5.41, 5.74) is 5.69. The number of allylic oxidation sites excluding steroid dienone is 1. The van der Waals surface area contributed by atoms with Crippen LogP contribution in [0.3, 0.4) is 0 Å². The molecule has 0 fully saturated rings. The van der Waals surface area contributed by atoms with Crippen LogP contribution in [-0.2, 0) is 9.53 Å². The predicted molar refractivity (Wildman–Crippen MR) is 113 cm³/mol. The summed E-state index contributed by atoms with van der Waals surface area (Å²) >= 11 is 0. The Labute approximate surface area is 171 Å². The fraction of sp³-hybridized carbons (Fsp3) is 0.261. The quantitative estimate of drug-likeness (QED) is 0.341. The number of likely N-dealkylation sites (N-methyl/N-ethyl adjacent to an activating group) is 1. The first-order chi connectivity index (χ1) is 13.8. The average molecular weight is 392 g/mol. The van der Waals surface area contributed by atoms with Crippen molar-refractivity contribution in [3.63, 3.8) is 0 Å². The largest absolute Gasteiger partial charge is 0.453 e. The molecular weight excluding hydrogens is 366 g/mol. The van der Waals surface area contributed by atoms with Gasteiger partial charge in [0.2, 0.25) is 0 Å². The maximum absolute atomic E-state index is 12.2. The van der Waals surface area contributed by atoms with Crippen LogP contribution in [0, 0.1) is 0 Å². The maximum atomic E-state index is 12.2. The van der Waals surface area contributed by atoms with Gasteiger partial charge in [0, 0.05) is 12.0 Å². The van der Waals surface area contributed by atoms with Crippen LogP contribution in [0.2, 0.25) is 0 Å². The molecule has 1 heterocycles. The topological polar surface area (TPSA) is 67.8 Å². The number of hydrazone groups is 1. The van der Waals surface area contributed by atoms with Gasteiger partial charge >= 0.3 is 5.97 Å². The molecule has 2 aromatic carbocycles. The smallest absolute Gasteiger partial charge is 0.339 e. The lowest BCUT2D eigenvalue weighted by atomic mass is 10.0. The third-order valence-electron chi connectivity index (χ3n) is 4.38. The van der Waals surface area contributed by atoms with Crippen molar-refractivity contribution < 1.29 is 18.8 Å². The summed E-state index contributed by atoms with van der Waals surface area (Å²) in [7, 11) is 5.82. The first kappa shape index (κ1) is 20.5. The second kappa shape index (κ2) is 8.84. The Morgan fingerprint density at radius 1 is 1.10 bits per heavy atom. The Hall–Kier alpha value is -3.25. The molecule has 0 aliphatic carbocycles. The van der Waals surface area contributed by atoms with Crippen molar-refractivity contribution in [1.29, 1.82) is 0 Å². The lowest BCUT2D eigenvalue weighted by Crippen LogP contribution is -2.43. The third-order valence-corrected chi connectivity index (χ3v) is 4.38. The van der Waals surface area contributed by atoms with Crippen LogP contribution in [0.4, 0.5) is 0 Å². The van der Waals surface area contributed by atoms with E-state index in [0.717, 1.165) is 11.1 Å². The molecule has 0 spiro atoms. The summed E-state index contributed by atoms with van der Waals surface area (Å²) in [5.74, 6) is -0.502. The van der Waals surface area contributed by atoms with E-state index in [0.29, 0.717) is 28.7 Å². The fourth-order valence-electron chi connectivity index (χ4n) is 3.07. The molecule has 1 aliphatic rings. The number of carbonyl (C=O) groups is 2. The van der Waals surface area contributed by atoms with Gasteiger partial charge in [0.1, 0.15) is 6.10 Å². The molecule has 29 heavy (non-hydrogen) atoms. The highest BCUT2D eigenvalue weighted by Gasteiger charge is 2.31. The first-order valence-electron chi connectivity index (χ1n) is 9.51. The number of rotatable bonds is 7. The van der Waals surface area contributed by atoms with Crippen LogP contribution in [0.1, 0.15) is 34.0 Å². The fourth-order valence-corrected chi connectivity index (χ4v) is 3.07. The van der Waals surface area contributed by atoms with Crippen molar-refractivity contribution in [2.75, 3.05) is 27.7 Å². The summed E-state index contributed by atoms with van der Waals surface area (Å²) in [5, 5.41) is 4.31. The molecule has 0 aromatic heterocycles. The molecule has 1 amide bonds. The molecule has 1 atom stereocenters. The molecule has 2 aromatic rings. The summed E-state index contributed by atoms with van der Waals surface area (Å²) < 4.78 is 6.04. The van der Waals surface area contributed by atoms with Crippen LogP contribution in [0.25, 0.3) is 6.08 Å². The van der Waals surface area contributed by atoms with E-state index < -0.39 is 6.10 Å². The highest BCUT2D eigenvalue weighted by Crippen LogP contribution is 2.33. The Morgan fingerprint density at radius 2 is 1.79 bits per heavy atom. The maximum Gasteiger partial charge on any atom is 0.339 e. The van der Waals surface area contributed by atoms with E-state index in [1.54, 1.807) is 6.07 Å². The second-order valence-corrected chi connectivity index (χ2v) is 8.02. The van der Waals surface area contributed by atoms with Gasteiger partial charge in [-0.15, -0.1) is 0 Å². The number of ether oxygens (including phenoxy) is 1. The number of carbonyl (C=O) groups excluding carboxylic acids is 2. The average Bonchev–Trinajstić information content (AvgIpc) is 2.99. The third kappa shape index (κ3) is 5.86. The summed E-state index contributed by atoms with van der Waals surface area (Å²) in [6.45, 7) is 0.306. The normalized spacial score (nSPS) is 16.6. The van der Waals surface area contributed by atoms with E-state index in [-0.39, 0.29) is 11.9 Å². The molecule has 6 nitrogen and oxygen atoms in total. The lowest BCUT2D eigenvalue weighted by Gasteiger charge is -2.22. The molecule has 1 aliphatic heterocycles. The van der Waals surface area contributed by atoms with E-state index in [1.165, 1.54) is 0 Å². The zero-order valence-corrected chi connectivity index (χ0v) is 17.0. The van der Waals surface area contributed by atoms with Crippen LogP contribution < -0.4 is 5.43 Å². The van der Waals surface area contributed by atoms with E-state index in [1.807, 2.05) is 81.8 Å². The molecule has 0 bridgehead atoms. The van der Waals surface area contributed by atoms with Gasteiger partial charge in [-0.25, -0.2) is 10.2 Å². The minimum atomic E-state index is -0.423. The van der Waals surface area contributed by atoms with E-state index in [4.69, 9.17) is 4.74 Å². The van der Waals surface area contributed by atoms with Crippen molar-refractivity contribution in [3.05, 3.63) is 77.4 Å². The van der Waals surface area contributed by atoms with Crippen LogP contribution in [0.15, 0.2) is 65.8 Å². The van der Waals surface area contributed by atoms with Crippen LogP contribution in [0.5, 0.6) is 0 Å². The van der Waals surface area contributed by atoms with Gasteiger partial charge in [-0.3, -0.25) is 4.79 Å². The SMILES string of the molecule is C[N+](C)(C)CC(=O)N/N=C(/C=C\c1ccccc1)C[C@H]1OC(=O)c2ccccc21. The number of amides is 1. The van der Waals surface area contributed by atoms with Gasteiger partial charge in [-0.2, -0.15) is 5.10 Å². The zero-order valence-electron chi connectivity index (χ0n) is 17.0. The minimum Gasteiger partial charge on any atom is -0.453 e. The molecule has 0 radical (unpaired) electrons. The molecule has 3 rings (SSSR count). The number of nitrogens with one attached hydrogen (secondary N) is 1. The Kier molecular flexibility index (Phi) is 6.24. The number of fused-ring (bicyclic) bond motifs is 1. The highest BCUT2D eigenvalue weighted by molar-refractivity contribution is 6.01. The molecular formula is C23H26N3O3+. The van der Waals surface area contributed by atoms with Crippen molar-refractivity contribution in [2.45, 2.75) is 12.5 Å². The van der Waals surface area contributed by atoms with Gasteiger partial charge in [0.15, 0.2) is 6.54 Å². The van der Waals surface area contributed by atoms with Gasteiger partial charge in [0.05, 0.1) is 32.4 Å². The monoisotopic (exact) mass is 392 g/mol. The van der Waals surface area contributed by atoms with Crippen molar-refractivity contribution in [2.24, 2.45) is 5.10 Å². The molecule has 0 saturated carbocycles. The van der Waals surface area contributed by atoms with Crippen molar-refractivity contribution in [1.82, 2.24) is 5.43 Å². The number of cyclic esters (lactones) is 1. The van der Waals surface area contributed by atoms with Gasteiger partial charge < -0.3 is 9.22 Å². The Bertz CT molecular complexity index is 943. The van der Waals surface area contributed by atoms with E-state index >= 15 is 0 Å². The van der Waals surface area contributed by atoms with Gasteiger partial charge in [0.25, 0.3) is 5.91 Å². The number of benzene rings is 2. The van der Waals surface area contributed by atoms with Crippen LogP contribution in [-0.4, -0.2) is 49.8 Å². The molecule has 150 valence electrons. The molecule has 0 unspecified atom stereocenters. The summed E-state index contributed by atoms with van der Waals surface area (Å²) in [4.78, 5) is 24.3. The molecule has 0 saturated heterocycles. The number of hydrogen-bond acceptors (Lipinski definition) is 4. The number of esters is 1. The predicted octanol–water partition coefficient (Wildman–Crippen LogP) is 3.18. The number of quaternary nitrogens is 1. The first-order valence-corrected chi connectivity index (χ1v) is 9.51. The van der Waals surface area contributed by atoms with Crippen molar-refractivity contribution >= 4 is 23.7 Å². The Morgan fingerprint density at radius 3 is 2.52 bits per heavy atom. The summed E-state index contributed by atoms with van der Waals surface area (Å²) in [6, 6.07) is 17.2. The molecule has 6 heteroatoms. The van der Waals surface area contributed by atoms with Crippen molar-refractivity contribution in [3.8, 4) is 0 Å². The molecule has 1 N–H and O–H groups in total. The lowest BCUT2D eigenvalue weighted by molar-refractivity contribution is -0.862. The number of hydrogen-bond donors (Lipinski definition) is 1. The van der Waals surface area contributed by atoms with Gasteiger partial charge in [-0.05, 0) is 17.7 Å². The highest BCUT2D eigenvalue weighted by atomic mass is 16.5. The van der Waals surface area contributed by atoms with E-state index in [2.05, 4.69) is 10.5 Å². The standard InChI is InChI=1S/C23H25N3O3/c1-26(2,3)16-22(27)25-24-18(14-13-17-9-5-4-6-10-17)15-21-19-11-7-8-12-20(19)23(28)29-21/h4-14,21H,15-16H2,1-3H3/p+1/b14-13-,24-18-/t21-/m1/s1. The minimum absolute atomic E-state index is 0.174. The zero-order chi connectivity index (χ0) is 20.9. The summed E-state index contributed by atoms with van der Waals surface area (Å²) in [6.07, 6.45) is 3.72. The van der Waals surface area contributed by atoms with E-state index in [9.17, 15) is 9.59 Å². The van der Waals surface area contributed by atoms with Crippen LogP contribution >= 0.6 is 0 Å². The van der Waals surface area contributed by atoms with Gasteiger partial charge in [-0.1, -0.05) is 54.6 Å².